The number of anilines is 2. The molecule has 104 valence electrons. The highest BCUT2D eigenvalue weighted by atomic mass is 32.2. The topological polar surface area (TPSA) is 98.2 Å². The molecular weight excluding hydrogens is 262 g/mol. The molecule has 0 aromatic heterocycles. The van der Waals surface area contributed by atoms with Crippen LogP contribution in [0, 0.1) is 11.3 Å². The average Bonchev–Trinajstić information content (AvgIpc) is 3.18. The predicted molar refractivity (Wildman–Crippen MR) is 75.1 cm³/mol. The van der Waals surface area contributed by atoms with Crippen molar-refractivity contribution in [2.24, 2.45) is 16.5 Å². The summed E-state index contributed by atoms with van der Waals surface area (Å²) in [5, 5.41) is 8.43. The van der Waals surface area contributed by atoms with E-state index in [0.29, 0.717) is 11.1 Å². The lowest BCUT2D eigenvalue weighted by molar-refractivity contribution is 0.467. The SMILES string of the molecule is Nc1cc(S(N)(=O)=O)ccc1NCC1(C2CC2)CC1. The van der Waals surface area contributed by atoms with Gasteiger partial charge in [-0.3, -0.25) is 0 Å². The van der Waals surface area contributed by atoms with Crippen LogP contribution in [0.25, 0.3) is 0 Å². The molecular formula is C13H19N3O2S. The van der Waals surface area contributed by atoms with Gasteiger partial charge in [-0.15, -0.1) is 0 Å². The van der Waals surface area contributed by atoms with Crippen LogP contribution in [0.2, 0.25) is 0 Å². The number of hydrogen-bond acceptors (Lipinski definition) is 4. The summed E-state index contributed by atoms with van der Waals surface area (Å²) in [6.45, 7) is 0.927. The Morgan fingerprint density at radius 2 is 2.00 bits per heavy atom. The van der Waals surface area contributed by atoms with Crippen LogP contribution in [0.4, 0.5) is 11.4 Å². The summed E-state index contributed by atoms with van der Waals surface area (Å²) < 4.78 is 22.4. The maximum Gasteiger partial charge on any atom is 0.238 e. The molecule has 3 rings (SSSR count). The van der Waals surface area contributed by atoms with Crippen LogP contribution in [0.5, 0.6) is 0 Å². The first kappa shape index (κ1) is 12.7. The van der Waals surface area contributed by atoms with Crippen LogP contribution < -0.4 is 16.2 Å². The second-order valence-corrected chi connectivity index (χ2v) is 7.35. The van der Waals surface area contributed by atoms with Crippen LogP contribution in [-0.2, 0) is 10.0 Å². The first-order valence-corrected chi connectivity index (χ1v) is 8.12. The van der Waals surface area contributed by atoms with E-state index >= 15 is 0 Å². The van der Waals surface area contributed by atoms with Crippen molar-refractivity contribution in [3.05, 3.63) is 18.2 Å². The number of rotatable bonds is 5. The van der Waals surface area contributed by atoms with Crippen molar-refractivity contribution in [3.63, 3.8) is 0 Å². The van der Waals surface area contributed by atoms with E-state index in [1.54, 1.807) is 6.07 Å². The summed E-state index contributed by atoms with van der Waals surface area (Å²) in [5.41, 5.74) is 7.57. The van der Waals surface area contributed by atoms with E-state index in [1.165, 1.54) is 37.8 Å². The van der Waals surface area contributed by atoms with E-state index in [-0.39, 0.29) is 4.90 Å². The zero-order chi connectivity index (χ0) is 13.7. The van der Waals surface area contributed by atoms with Gasteiger partial charge in [0, 0.05) is 6.54 Å². The minimum Gasteiger partial charge on any atom is -0.397 e. The lowest BCUT2D eigenvalue weighted by Crippen LogP contribution is -2.18. The van der Waals surface area contributed by atoms with Gasteiger partial charge < -0.3 is 11.1 Å². The molecule has 19 heavy (non-hydrogen) atoms. The molecule has 2 aliphatic carbocycles. The lowest BCUT2D eigenvalue weighted by Gasteiger charge is -2.17. The Balaban J connectivity index is 1.71. The summed E-state index contributed by atoms with van der Waals surface area (Å²) in [6.07, 6.45) is 5.28. The number of nitrogen functional groups attached to an aromatic ring is 1. The third-order valence-corrected chi connectivity index (χ3v) is 5.23. The van der Waals surface area contributed by atoms with Crippen molar-refractivity contribution in [2.75, 3.05) is 17.6 Å². The zero-order valence-electron chi connectivity index (χ0n) is 10.7. The molecule has 0 heterocycles. The van der Waals surface area contributed by atoms with Gasteiger partial charge in [0.25, 0.3) is 0 Å². The third kappa shape index (κ3) is 2.55. The molecule has 1 aromatic rings. The smallest absolute Gasteiger partial charge is 0.238 e. The first-order chi connectivity index (χ1) is 8.91. The second kappa shape index (κ2) is 4.11. The maximum atomic E-state index is 11.2. The molecule has 1 aromatic carbocycles. The fourth-order valence-electron chi connectivity index (χ4n) is 2.74. The molecule has 0 aliphatic heterocycles. The van der Waals surface area contributed by atoms with E-state index in [4.69, 9.17) is 10.9 Å². The first-order valence-electron chi connectivity index (χ1n) is 6.57. The minimum absolute atomic E-state index is 0.0545. The Hall–Kier alpha value is -1.27. The van der Waals surface area contributed by atoms with Crippen molar-refractivity contribution >= 4 is 21.4 Å². The van der Waals surface area contributed by atoms with E-state index in [1.807, 2.05) is 0 Å². The quantitative estimate of drug-likeness (QED) is 0.713. The van der Waals surface area contributed by atoms with Crippen LogP contribution >= 0.6 is 0 Å². The molecule has 6 heteroatoms. The summed E-state index contributed by atoms with van der Waals surface area (Å²) in [4.78, 5) is 0.0545. The molecule has 2 fully saturated rings. The Kier molecular flexibility index (Phi) is 2.76. The number of primary sulfonamides is 1. The van der Waals surface area contributed by atoms with E-state index in [9.17, 15) is 8.42 Å². The lowest BCUT2D eigenvalue weighted by atomic mass is 10.0. The largest absolute Gasteiger partial charge is 0.397 e. The molecule has 5 nitrogen and oxygen atoms in total. The third-order valence-electron chi connectivity index (χ3n) is 4.32. The predicted octanol–water partition coefficient (Wildman–Crippen LogP) is 1.52. The van der Waals surface area contributed by atoms with Gasteiger partial charge in [-0.1, -0.05) is 0 Å². The molecule has 0 amide bonds. The monoisotopic (exact) mass is 281 g/mol. The van der Waals surface area contributed by atoms with E-state index < -0.39 is 10.0 Å². The van der Waals surface area contributed by atoms with Gasteiger partial charge in [-0.2, -0.15) is 0 Å². The average molecular weight is 281 g/mol. The molecule has 2 saturated carbocycles. The number of nitrogens with one attached hydrogen (secondary N) is 1. The highest BCUT2D eigenvalue weighted by Gasteiger charge is 2.53. The molecule has 0 atom stereocenters. The van der Waals surface area contributed by atoms with E-state index in [0.717, 1.165) is 18.2 Å². The Morgan fingerprint density at radius 1 is 1.32 bits per heavy atom. The molecule has 0 spiro atoms. The van der Waals surface area contributed by atoms with Gasteiger partial charge in [0.1, 0.15) is 0 Å². The van der Waals surface area contributed by atoms with Gasteiger partial charge in [0.2, 0.25) is 10.0 Å². The van der Waals surface area contributed by atoms with Gasteiger partial charge in [-0.25, -0.2) is 13.6 Å². The number of hydrogen-bond donors (Lipinski definition) is 3. The Bertz CT molecular complexity index is 604. The van der Waals surface area contributed by atoms with Gasteiger partial charge in [-0.05, 0) is 55.2 Å². The highest BCUT2D eigenvalue weighted by molar-refractivity contribution is 7.89. The van der Waals surface area contributed by atoms with Gasteiger partial charge >= 0.3 is 0 Å². The van der Waals surface area contributed by atoms with Crippen LogP contribution in [0.15, 0.2) is 23.1 Å². The summed E-state index contributed by atoms with van der Waals surface area (Å²) in [5.74, 6) is 0.880. The minimum atomic E-state index is -3.68. The molecule has 0 unspecified atom stereocenters. The van der Waals surface area contributed by atoms with Crippen LogP contribution in [-0.4, -0.2) is 15.0 Å². The summed E-state index contributed by atoms with van der Waals surface area (Å²) in [6, 6.07) is 4.59. The Labute approximate surface area is 113 Å². The van der Waals surface area contributed by atoms with Crippen molar-refractivity contribution in [1.82, 2.24) is 0 Å². The van der Waals surface area contributed by atoms with Crippen molar-refractivity contribution in [1.29, 1.82) is 0 Å². The highest BCUT2D eigenvalue weighted by Crippen LogP contribution is 2.61. The van der Waals surface area contributed by atoms with Crippen molar-refractivity contribution in [2.45, 2.75) is 30.6 Å². The standard InChI is InChI=1S/C13H19N3O2S/c14-11-7-10(19(15,17)18)3-4-12(11)16-8-13(5-6-13)9-1-2-9/h3-4,7,9,16H,1-2,5-6,8,14H2,(H2,15,17,18). The van der Waals surface area contributed by atoms with Crippen molar-refractivity contribution < 1.29 is 8.42 Å². The summed E-state index contributed by atoms with van der Waals surface area (Å²) >= 11 is 0. The molecule has 0 radical (unpaired) electrons. The molecule has 0 bridgehead atoms. The van der Waals surface area contributed by atoms with Crippen LogP contribution in [0.3, 0.4) is 0 Å². The van der Waals surface area contributed by atoms with Crippen LogP contribution in [0.1, 0.15) is 25.7 Å². The second-order valence-electron chi connectivity index (χ2n) is 5.78. The van der Waals surface area contributed by atoms with Gasteiger partial charge in [0.15, 0.2) is 0 Å². The van der Waals surface area contributed by atoms with Gasteiger partial charge in [0.05, 0.1) is 16.3 Å². The molecule has 5 N–H and O–H groups in total. The number of sulfonamides is 1. The zero-order valence-corrected chi connectivity index (χ0v) is 11.5. The number of benzene rings is 1. The van der Waals surface area contributed by atoms with Crippen molar-refractivity contribution in [3.8, 4) is 0 Å². The Morgan fingerprint density at radius 3 is 2.47 bits per heavy atom. The number of nitrogens with two attached hydrogens (primary N) is 2. The molecule has 2 aliphatic rings. The fourth-order valence-corrected chi connectivity index (χ4v) is 3.28. The fraction of sp³-hybridized carbons (Fsp3) is 0.538. The summed E-state index contributed by atoms with van der Waals surface area (Å²) in [7, 11) is -3.68. The normalized spacial score (nSPS) is 21.1. The molecule has 0 saturated heterocycles. The van der Waals surface area contributed by atoms with E-state index in [2.05, 4.69) is 5.32 Å². The maximum absolute atomic E-state index is 11.2.